The van der Waals surface area contributed by atoms with Gasteiger partial charge < -0.3 is 9.47 Å². The summed E-state index contributed by atoms with van der Waals surface area (Å²) < 4.78 is 10.8. The van der Waals surface area contributed by atoms with E-state index in [-0.39, 0.29) is 22.6 Å². The van der Waals surface area contributed by atoms with Crippen LogP contribution < -0.4 is 4.74 Å². The fraction of sp³-hybridized carbons (Fsp3) is 0.0476. The molecule has 0 N–H and O–H groups in total. The molecule has 2 amide bonds. The molecule has 0 fully saturated rings. The van der Waals surface area contributed by atoms with Gasteiger partial charge in [0.1, 0.15) is 11.3 Å². The summed E-state index contributed by atoms with van der Waals surface area (Å²) in [6.45, 7) is -0.495. The van der Waals surface area contributed by atoms with E-state index in [4.69, 9.17) is 9.47 Å². The number of carbonyl (C=O) groups is 3. The first kappa shape index (κ1) is 17.4. The summed E-state index contributed by atoms with van der Waals surface area (Å²) in [6.07, 6.45) is 1.49. The summed E-state index contributed by atoms with van der Waals surface area (Å²) in [5.41, 5.74) is 0.666. The Hall–Kier alpha value is -4.00. The largest absolute Gasteiger partial charge is 0.440 e. The second kappa shape index (κ2) is 7.32. The molecular formula is C21H14N2O5. The lowest BCUT2D eigenvalue weighted by molar-refractivity contribution is 0.0226. The van der Waals surface area contributed by atoms with E-state index >= 15 is 0 Å². The number of nitrogens with zero attached hydrogens (tertiary/aromatic N) is 2. The Balaban J connectivity index is 1.48. The highest BCUT2D eigenvalue weighted by atomic mass is 16.5. The second-order valence-electron chi connectivity index (χ2n) is 5.92. The van der Waals surface area contributed by atoms with Gasteiger partial charge in [-0.1, -0.05) is 30.3 Å². The number of hydrogen-bond acceptors (Lipinski definition) is 6. The number of benzene rings is 2. The van der Waals surface area contributed by atoms with Gasteiger partial charge in [-0.3, -0.25) is 9.59 Å². The van der Waals surface area contributed by atoms with Crippen LogP contribution in [-0.2, 0) is 4.74 Å². The number of imide groups is 1. The van der Waals surface area contributed by atoms with Crippen LogP contribution >= 0.6 is 0 Å². The van der Waals surface area contributed by atoms with E-state index < -0.39 is 24.5 Å². The van der Waals surface area contributed by atoms with Crippen molar-refractivity contribution in [3.05, 3.63) is 89.6 Å². The number of amides is 2. The van der Waals surface area contributed by atoms with Crippen molar-refractivity contribution in [3.63, 3.8) is 0 Å². The SMILES string of the molecule is O=C(OCN1C(=O)c2ccccc2C1=O)c1cccnc1Oc1ccccc1. The lowest BCUT2D eigenvalue weighted by Crippen LogP contribution is -2.33. The third-order valence-electron chi connectivity index (χ3n) is 4.15. The van der Waals surface area contributed by atoms with E-state index in [1.165, 1.54) is 12.3 Å². The van der Waals surface area contributed by atoms with E-state index in [9.17, 15) is 14.4 Å². The molecule has 1 aliphatic heterocycles. The van der Waals surface area contributed by atoms with Gasteiger partial charge in [0.15, 0.2) is 6.73 Å². The van der Waals surface area contributed by atoms with Crippen molar-refractivity contribution in [1.82, 2.24) is 9.88 Å². The molecule has 0 spiro atoms. The predicted molar refractivity (Wildman–Crippen MR) is 98.0 cm³/mol. The Labute approximate surface area is 160 Å². The van der Waals surface area contributed by atoms with Crippen LogP contribution in [-0.4, -0.2) is 34.4 Å². The average Bonchev–Trinajstić information content (AvgIpc) is 2.98. The molecule has 2 aromatic carbocycles. The van der Waals surface area contributed by atoms with Gasteiger partial charge in [0.25, 0.3) is 11.8 Å². The van der Waals surface area contributed by atoms with Crippen molar-refractivity contribution < 1.29 is 23.9 Å². The summed E-state index contributed by atoms with van der Waals surface area (Å²) in [7, 11) is 0. The molecular weight excluding hydrogens is 360 g/mol. The molecule has 3 aromatic rings. The maximum Gasteiger partial charge on any atom is 0.345 e. The van der Waals surface area contributed by atoms with Crippen molar-refractivity contribution in [3.8, 4) is 11.6 Å². The second-order valence-corrected chi connectivity index (χ2v) is 5.92. The molecule has 138 valence electrons. The smallest absolute Gasteiger partial charge is 0.345 e. The van der Waals surface area contributed by atoms with Crippen LogP contribution in [0.3, 0.4) is 0 Å². The number of fused-ring (bicyclic) bond motifs is 1. The topological polar surface area (TPSA) is 85.8 Å². The van der Waals surface area contributed by atoms with Crippen LogP contribution in [0.1, 0.15) is 31.1 Å². The molecule has 28 heavy (non-hydrogen) atoms. The maximum atomic E-state index is 12.5. The molecule has 0 saturated heterocycles. The summed E-state index contributed by atoms with van der Waals surface area (Å²) in [6, 6.07) is 18.4. The predicted octanol–water partition coefficient (Wildman–Crippen LogP) is 3.28. The molecule has 0 radical (unpaired) electrons. The Morgan fingerprint density at radius 1 is 0.857 bits per heavy atom. The highest BCUT2D eigenvalue weighted by molar-refractivity contribution is 6.21. The van der Waals surface area contributed by atoms with Gasteiger partial charge in [0.05, 0.1) is 11.1 Å². The molecule has 4 rings (SSSR count). The standard InChI is InChI=1S/C21H14N2O5/c24-19-15-9-4-5-10-16(15)20(25)23(19)13-27-21(26)17-11-6-12-22-18(17)28-14-7-2-1-3-8-14/h1-12H,13H2. The molecule has 7 heteroatoms. The molecule has 0 unspecified atom stereocenters. The van der Waals surface area contributed by atoms with Crippen molar-refractivity contribution in [2.24, 2.45) is 0 Å². The lowest BCUT2D eigenvalue weighted by Gasteiger charge is -2.15. The maximum absolute atomic E-state index is 12.5. The lowest BCUT2D eigenvalue weighted by atomic mass is 10.1. The molecule has 0 atom stereocenters. The zero-order valence-corrected chi connectivity index (χ0v) is 14.6. The Morgan fingerprint density at radius 3 is 2.18 bits per heavy atom. The van der Waals surface area contributed by atoms with Crippen LogP contribution in [0.25, 0.3) is 0 Å². The molecule has 1 aliphatic rings. The average molecular weight is 374 g/mol. The van der Waals surface area contributed by atoms with Gasteiger partial charge >= 0.3 is 5.97 Å². The summed E-state index contributed by atoms with van der Waals surface area (Å²) >= 11 is 0. The van der Waals surface area contributed by atoms with Gasteiger partial charge in [-0.05, 0) is 36.4 Å². The zero-order chi connectivity index (χ0) is 19.5. The van der Waals surface area contributed by atoms with Crippen molar-refractivity contribution in [2.45, 2.75) is 0 Å². The summed E-state index contributed by atoms with van der Waals surface area (Å²) in [5, 5.41) is 0. The number of hydrogen-bond donors (Lipinski definition) is 0. The van der Waals surface area contributed by atoms with E-state index in [0.29, 0.717) is 5.75 Å². The minimum Gasteiger partial charge on any atom is -0.440 e. The minimum atomic E-state index is -0.754. The summed E-state index contributed by atoms with van der Waals surface area (Å²) in [5.74, 6) is -1.17. The monoisotopic (exact) mass is 374 g/mol. The molecule has 7 nitrogen and oxygen atoms in total. The van der Waals surface area contributed by atoms with Crippen molar-refractivity contribution >= 4 is 17.8 Å². The number of ether oxygens (including phenoxy) is 2. The third kappa shape index (κ3) is 3.21. The highest BCUT2D eigenvalue weighted by Crippen LogP contribution is 2.25. The Morgan fingerprint density at radius 2 is 1.50 bits per heavy atom. The highest BCUT2D eigenvalue weighted by Gasteiger charge is 2.36. The molecule has 0 saturated carbocycles. The fourth-order valence-corrected chi connectivity index (χ4v) is 2.78. The number of carbonyl (C=O) groups excluding carboxylic acids is 3. The van der Waals surface area contributed by atoms with E-state index in [0.717, 1.165) is 4.90 Å². The first-order valence-corrected chi connectivity index (χ1v) is 8.45. The number of pyridine rings is 1. The Kier molecular flexibility index (Phi) is 4.55. The van der Waals surface area contributed by atoms with Crippen LogP contribution in [0.4, 0.5) is 0 Å². The third-order valence-corrected chi connectivity index (χ3v) is 4.15. The number of para-hydroxylation sites is 1. The Bertz CT molecular complexity index is 1030. The van der Waals surface area contributed by atoms with Gasteiger partial charge in [-0.25, -0.2) is 14.7 Å². The molecule has 2 heterocycles. The van der Waals surface area contributed by atoms with E-state index in [2.05, 4.69) is 4.98 Å². The van der Waals surface area contributed by atoms with Gasteiger partial charge in [0, 0.05) is 6.20 Å². The van der Waals surface area contributed by atoms with Crippen LogP contribution in [0.15, 0.2) is 72.9 Å². The number of esters is 1. The van der Waals surface area contributed by atoms with Gasteiger partial charge in [-0.2, -0.15) is 0 Å². The molecule has 1 aromatic heterocycles. The zero-order valence-electron chi connectivity index (χ0n) is 14.6. The fourth-order valence-electron chi connectivity index (χ4n) is 2.78. The normalized spacial score (nSPS) is 12.6. The van der Waals surface area contributed by atoms with E-state index in [1.807, 2.05) is 6.07 Å². The molecule has 0 aliphatic carbocycles. The number of aromatic nitrogens is 1. The van der Waals surface area contributed by atoms with Crippen molar-refractivity contribution in [2.75, 3.05) is 6.73 Å². The van der Waals surface area contributed by atoms with Gasteiger partial charge in [-0.15, -0.1) is 0 Å². The quantitative estimate of drug-likeness (QED) is 0.503. The number of rotatable bonds is 5. The van der Waals surface area contributed by atoms with Gasteiger partial charge in [0.2, 0.25) is 5.88 Å². The molecule has 0 bridgehead atoms. The van der Waals surface area contributed by atoms with E-state index in [1.54, 1.807) is 54.6 Å². The summed E-state index contributed by atoms with van der Waals surface area (Å²) in [4.78, 5) is 42.1. The van der Waals surface area contributed by atoms with Crippen LogP contribution in [0, 0.1) is 0 Å². The minimum absolute atomic E-state index is 0.0704. The first-order valence-electron chi connectivity index (χ1n) is 8.45. The van der Waals surface area contributed by atoms with Crippen LogP contribution in [0.2, 0.25) is 0 Å². The first-order chi connectivity index (χ1) is 13.6. The van der Waals surface area contributed by atoms with Crippen molar-refractivity contribution in [1.29, 1.82) is 0 Å². The van der Waals surface area contributed by atoms with Crippen LogP contribution in [0.5, 0.6) is 11.6 Å².